The van der Waals surface area contributed by atoms with Crippen LogP contribution in [0.4, 0.5) is 0 Å². The number of para-hydroxylation sites is 1. The minimum absolute atomic E-state index is 0.0245. The van der Waals surface area contributed by atoms with Gasteiger partial charge in [0, 0.05) is 32.4 Å². The number of benzene rings is 1. The predicted octanol–water partition coefficient (Wildman–Crippen LogP) is 1.90. The molecule has 2 aromatic rings. The summed E-state index contributed by atoms with van der Waals surface area (Å²) in [6.07, 6.45) is 1.80. The van der Waals surface area contributed by atoms with Crippen molar-refractivity contribution in [3.8, 4) is 5.75 Å². The highest BCUT2D eigenvalue weighted by Gasteiger charge is 2.02. The lowest BCUT2D eigenvalue weighted by Gasteiger charge is -2.17. The van der Waals surface area contributed by atoms with E-state index in [2.05, 4.69) is 4.90 Å². The normalized spacial score (nSPS) is 10.8. The van der Waals surface area contributed by atoms with E-state index in [1.54, 1.807) is 23.9 Å². The molecular weight excluding hydrogens is 252 g/mol. The first-order valence-electron chi connectivity index (χ1n) is 6.67. The average Bonchev–Trinajstić information content (AvgIpc) is 2.44. The maximum absolute atomic E-state index is 11.5. The molecule has 0 atom stereocenters. The Balaban J connectivity index is 1.79. The van der Waals surface area contributed by atoms with Crippen molar-refractivity contribution in [1.29, 1.82) is 0 Å². The number of rotatable bonds is 6. The molecule has 1 heterocycles. The van der Waals surface area contributed by atoms with Crippen molar-refractivity contribution < 1.29 is 4.74 Å². The number of aromatic nitrogens is 1. The summed E-state index contributed by atoms with van der Waals surface area (Å²) in [4.78, 5) is 13.7. The van der Waals surface area contributed by atoms with E-state index in [1.165, 1.54) is 0 Å². The Morgan fingerprint density at radius 2 is 1.95 bits per heavy atom. The van der Waals surface area contributed by atoms with E-state index in [-0.39, 0.29) is 5.56 Å². The quantitative estimate of drug-likeness (QED) is 0.805. The molecule has 0 aliphatic carbocycles. The summed E-state index contributed by atoms with van der Waals surface area (Å²) < 4.78 is 7.22. The van der Waals surface area contributed by atoms with Crippen LogP contribution in [0.5, 0.6) is 5.75 Å². The molecule has 0 aliphatic heterocycles. The van der Waals surface area contributed by atoms with Crippen LogP contribution in [-0.2, 0) is 13.6 Å². The second-order valence-electron chi connectivity index (χ2n) is 4.88. The van der Waals surface area contributed by atoms with Crippen molar-refractivity contribution >= 4 is 0 Å². The lowest BCUT2D eigenvalue weighted by atomic mass is 10.2. The summed E-state index contributed by atoms with van der Waals surface area (Å²) in [6.45, 7) is 2.18. The van der Waals surface area contributed by atoms with Gasteiger partial charge in [-0.1, -0.05) is 18.2 Å². The second-order valence-corrected chi connectivity index (χ2v) is 4.88. The van der Waals surface area contributed by atoms with E-state index in [0.29, 0.717) is 6.61 Å². The highest BCUT2D eigenvalue weighted by atomic mass is 16.5. The summed E-state index contributed by atoms with van der Waals surface area (Å²) in [6, 6.07) is 13.4. The minimum Gasteiger partial charge on any atom is -0.492 e. The first-order valence-corrected chi connectivity index (χ1v) is 6.67. The number of nitrogens with zero attached hydrogens (tertiary/aromatic N) is 2. The minimum atomic E-state index is 0.0245. The summed E-state index contributed by atoms with van der Waals surface area (Å²) >= 11 is 0. The molecule has 0 saturated heterocycles. The molecule has 0 radical (unpaired) electrons. The molecule has 2 rings (SSSR count). The van der Waals surface area contributed by atoms with Crippen molar-refractivity contribution in [2.45, 2.75) is 6.54 Å². The van der Waals surface area contributed by atoms with Crippen molar-refractivity contribution in [2.24, 2.45) is 7.05 Å². The van der Waals surface area contributed by atoms with Gasteiger partial charge in [0.15, 0.2) is 0 Å². The third-order valence-corrected chi connectivity index (χ3v) is 3.11. The molecule has 0 unspecified atom stereocenters. The highest BCUT2D eigenvalue weighted by Crippen LogP contribution is 2.08. The molecule has 0 N–H and O–H groups in total. The monoisotopic (exact) mass is 272 g/mol. The molecule has 0 aliphatic rings. The summed E-state index contributed by atoms with van der Waals surface area (Å²) in [5, 5.41) is 0. The van der Waals surface area contributed by atoms with E-state index in [9.17, 15) is 4.79 Å². The topological polar surface area (TPSA) is 34.5 Å². The van der Waals surface area contributed by atoms with E-state index < -0.39 is 0 Å². The van der Waals surface area contributed by atoms with Crippen LogP contribution < -0.4 is 10.3 Å². The van der Waals surface area contributed by atoms with Crippen LogP contribution in [0.2, 0.25) is 0 Å². The maximum atomic E-state index is 11.5. The Morgan fingerprint density at radius 1 is 1.20 bits per heavy atom. The van der Waals surface area contributed by atoms with Gasteiger partial charge in [0.05, 0.1) is 0 Å². The number of ether oxygens (including phenoxy) is 1. The zero-order valence-corrected chi connectivity index (χ0v) is 12.0. The van der Waals surface area contributed by atoms with E-state index in [1.807, 2.05) is 43.4 Å². The summed E-state index contributed by atoms with van der Waals surface area (Å²) in [5.41, 5.74) is 1.05. The number of aryl methyl sites for hydroxylation is 1. The molecule has 1 aromatic heterocycles. The second kappa shape index (κ2) is 6.91. The van der Waals surface area contributed by atoms with Gasteiger partial charge in [-0.15, -0.1) is 0 Å². The van der Waals surface area contributed by atoms with Crippen molar-refractivity contribution in [2.75, 3.05) is 20.2 Å². The third-order valence-electron chi connectivity index (χ3n) is 3.11. The number of pyridine rings is 1. The van der Waals surface area contributed by atoms with Crippen LogP contribution in [-0.4, -0.2) is 29.7 Å². The molecule has 0 spiro atoms. The maximum Gasteiger partial charge on any atom is 0.250 e. The van der Waals surface area contributed by atoms with Crippen LogP contribution in [0.25, 0.3) is 0 Å². The Morgan fingerprint density at radius 3 is 2.65 bits per heavy atom. The van der Waals surface area contributed by atoms with Gasteiger partial charge < -0.3 is 9.30 Å². The third kappa shape index (κ3) is 4.24. The SMILES string of the molecule is CN(CCOc1ccccc1)Cc1ccn(C)c(=O)c1. The fourth-order valence-electron chi connectivity index (χ4n) is 1.91. The van der Waals surface area contributed by atoms with E-state index >= 15 is 0 Å². The van der Waals surface area contributed by atoms with Crippen LogP contribution in [0.3, 0.4) is 0 Å². The van der Waals surface area contributed by atoms with Gasteiger partial charge >= 0.3 is 0 Å². The van der Waals surface area contributed by atoms with Gasteiger partial charge in [0.1, 0.15) is 12.4 Å². The van der Waals surface area contributed by atoms with Crippen molar-refractivity contribution in [3.63, 3.8) is 0 Å². The number of hydrogen-bond acceptors (Lipinski definition) is 3. The average molecular weight is 272 g/mol. The Kier molecular flexibility index (Phi) is 4.96. The smallest absolute Gasteiger partial charge is 0.250 e. The van der Waals surface area contributed by atoms with Crippen LogP contribution >= 0.6 is 0 Å². The lowest BCUT2D eigenvalue weighted by Crippen LogP contribution is -2.25. The summed E-state index contributed by atoms with van der Waals surface area (Å²) in [7, 11) is 3.77. The Labute approximate surface area is 119 Å². The lowest BCUT2D eigenvalue weighted by molar-refractivity contribution is 0.233. The molecule has 20 heavy (non-hydrogen) atoms. The Hall–Kier alpha value is -2.07. The van der Waals surface area contributed by atoms with Crippen molar-refractivity contribution in [3.05, 3.63) is 64.6 Å². The molecule has 0 fully saturated rings. The van der Waals surface area contributed by atoms with Crippen LogP contribution in [0.1, 0.15) is 5.56 Å². The zero-order valence-electron chi connectivity index (χ0n) is 12.0. The highest BCUT2D eigenvalue weighted by molar-refractivity contribution is 5.20. The van der Waals surface area contributed by atoms with Gasteiger partial charge in [-0.25, -0.2) is 0 Å². The molecule has 4 nitrogen and oxygen atoms in total. The molecule has 0 bridgehead atoms. The van der Waals surface area contributed by atoms with Gasteiger partial charge in [0.25, 0.3) is 5.56 Å². The molecule has 0 saturated carbocycles. The molecule has 4 heteroatoms. The number of likely N-dealkylation sites (N-methyl/N-ethyl adjacent to an activating group) is 1. The Bertz CT molecular complexity index is 593. The van der Waals surface area contributed by atoms with Gasteiger partial charge in [-0.05, 0) is 30.8 Å². The zero-order chi connectivity index (χ0) is 14.4. The largest absolute Gasteiger partial charge is 0.492 e. The van der Waals surface area contributed by atoms with Gasteiger partial charge in [-0.2, -0.15) is 0 Å². The van der Waals surface area contributed by atoms with E-state index in [0.717, 1.165) is 24.4 Å². The van der Waals surface area contributed by atoms with E-state index in [4.69, 9.17) is 4.74 Å². The number of hydrogen-bond donors (Lipinski definition) is 0. The first kappa shape index (κ1) is 14.3. The standard InChI is InChI=1S/C16H20N2O2/c1-17(10-11-20-15-6-4-3-5-7-15)13-14-8-9-18(2)16(19)12-14/h3-9,12H,10-11,13H2,1-2H3. The molecule has 1 aromatic carbocycles. The van der Waals surface area contributed by atoms with Crippen LogP contribution in [0.15, 0.2) is 53.5 Å². The van der Waals surface area contributed by atoms with Gasteiger partial charge in [0.2, 0.25) is 0 Å². The summed E-state index contributed by atoms with van der Waals surface area (Å²) in [5.74, 6) is 0.884. The van der Waals surface area contributed by atoms with Crippen molar-refractivity contribution in [1.82, 2.24) is 9.47 Å². The van der Waals surface area contributed by atoms with Crippen LogP contribution in [0, 0.1) is 0 Å². The first-order chi connectivity index (χ1) is 9.65. The molecule has 0 amide bonds. The predicted molar refractivity (Wildman–Crippen MR) is 80.0 cm³/mol. The fourth-order valence-corrected chi connectivity index (χ4v) is 1.91. The molecular formula is C16H20N2O2. The van der Waals surface area contributed by atoms with Gasteiger partial charge in [-0.3, -0.25) is 9.69 Å². The fraction of sp³-hybridized carbons (Fsp3) is 0.312. The molecule has 106 valence electrons.